The lowest BCUT2D eigenvalue weighted by Crippen LogP contribution is -2.13. The number of fused-ring (bicyclic) bond motifs is 1. The molecule has 0 spiro atoms. The summed E-state index contributed by atoms with van der Waals surface area (Å²) in [5, 5.41) is 6.79. The number of rotatable bonds is 5. The van der Waals surface area contributed by atoms with Crippen molar-refractivity contribution in [3.63, 3.8) is 0 Å². The second kappa shape index (κ2) is 6.63. The van der Waals surface area contributed by atoms with E-state index in [0.717, 1.165) is 19.5 Å². The molecule has 0 amide bonds. The van der Waals surface area contributed by atoms with Gasteiger partial charge in [-0.2, -0.15) is 0 Å². The monoisotopic (exact) mass is 287 g/mol. The average molecular weight is 288 g/mol. The van der Waals surface area contributed by atoms with E-state index in [1.54, 1.807) is 0 Å². The van der Waals surface area contributed by atoms with Gasteiger partial charge in [-0.1, -0.05) is 11.3 Å². The number of halogens is 1. The van der Waals surface area contributed by atoms with Gasteiger partial charge in [-0.3, -0.25) is 9.59 Å². The summed E-state index contributed by atoms with van der Waals surface area (Å²) < 4.78 is 0. The fraction of sp³-hybridized carbons (Fsp3) is 0.364. The van der Waals surface area contributed by atoms with Crippen molar-refractivity contribution in [3.8, 4) is 0 Å². The number of hydrogen-bond donors (Lipinski definition) is 2. The van der Waals surface area contributed by atoms with E-state index in [-0.39, 0.29) is 29.7 Å². The molecule has 1 aliphatic rings. The van der Waals surface area contributed by atoms with E-state index in [0.29, 0.717) is 10.0 Å². The van der Waals surface area contributed by atoms with Crippen molar-refractivity contribution in [1.82, 2.24) is 10.3 Å². The summed E-state index contributed by atoms with van der Waals surface area (Å²) in [5.74, 6) is -0.334. The zero-order valence-corrected chi connectivity index (χ0v) is 11.5. The minimum atomic E-state index is -0.195. The van der Waals surface area contributed by atoms with Crippen LogP contribution in [0.15, 0.2) is 12.2 Å². The SMILES string of the molecule is CNCCCNc1nc2c(s1)C(=O)C=CC2=O.Cl. The molecule has 0 unspecified atom stereocenters. The van der Waals surface area contributed by atoms with Gasteiger partial charge in [-0.15, -0.1) is 12.4 Å². The van der Waals surface area contributed by atoms with E-state index in [1.165, 1.54) is 23.5 Å². The van der Waals surface area contributed by atoms with Gasteiger partial charge in [0.05, 0.1) is 0 Å². The molecule has 2 N–H and O–H groups in total. The number of nitrogens with one attached hydrogen (secondary N) is 2. The zero-order valence-electron chi connectivity index (χ0n) is 9.86. The Hall–Kier alpha value is -1.24. The Bertz CT molecular complexity index is 449. The van der Waals surface area contributed by atoms with Crippen LogP contribution in [0.5, 0.6) is 0 Å². The lowest BCUT2D eigenvalue weighted by molar-refractivity contribution is 0.0994. The van der Waals surface area contributed by atoms with Crippen LogP contribution in [0.25, 0.3) is 0 Å². The molecular formula is C11H14ClN3O2S. The van der Waals surface area contributed by atoms with Crippen molar-refractivity contribution in [2.75, 3.05) is 25.5 Å². The maximum Gasteiger partial charge on any atom is 0.206 e. The first-order valence-corrected chi connectivity index (χ1v) is 6.20. The molecule has 0 atom stereocenters. The Labute approximate surface area is 115 Å². The highest BCUT2D eigenvalue weighted by Crippen LogP contribution is 2.26. The molecular weight excluding hydrogens is 274 g/mol. The van der Waals surface area contributed by atoms with Crippen LogP contribution in [-0.4, -0.2) is 36.7 Å². The van der Waals surface area contributed by atoms with E-state index in [2.05, 4.69) is 15.6 Å². The summed E-state index contributed by atoms with van der Waals surface area (Å²) in [6.07, 6.45) is 3.53. The van der Waals surface area contributed by atoms with Gasteiger partial charge in [-0.05, 0) is 32.2 Å². The standard InChI is InChI=1S/C11H13N3O2S.ClH/c1-12-5-2-6-13-11-14-9-7(15)3-4-8(16)10(9)17-11;/h3-4,12H,2,5-6H2,1H3,(H,13,14);1H. The van der Waals surface area contributed by atoms with E-state index in [4.69, 9.17) is 0 Å². The van der Waals surface area contributed by atoms with Crippen molar-refractivity contribution in [2.24, 2.45) is 0 Å². The summed E-state index contributed by atoms with van der Waals surface area (Å²) >= 11 is 1.24. The smallest absolute Gasteiger partial charge is 0.206 e. The van der Waals surface area contributed by atoms with Crippen LogP contribution in [0.1, 0.15) is 26.6 Å². The van der Waals surface area contributed by atoms with Gasteiger partial charge in [0.25, 0.3) is 0 Å². The topological polar surface area (TPSA) is 71.1 Å². The summed E-state index contributed by atoms with van der Waals surface area (Å²) in [5.41, 5.74) is 0.276. The second-order valence-electron chi connectivity index (χ2n) is 3.64. The van der Waals surface area contributed by atoms with E-state index in [9.17, 15) is 9.59 Å². The quantitative estimate of drug-likeness (QED) is 0.804. The number of anilines is 1. The first-order valence-electron chi connectivity index (χ1n) is 5.38. The van der Waals surface area contributed by atoms with Gasteiger partial charge in [0.2, 0.25) is 5.78 Å². The first-order chi connectivity index (χ1) is 8.22. The third-order valence-corrected chi connectivity index (χ3v) is 3.38. The molecule has 1 aromatic heterocycles. The van der Waals surface area contributed by atoms with Crippen molar-refractivity contribution < 1.29 is 9.59 Å². The normalized spacial score (nSPS) is 13.2. The van der Waals surface area contributed by atoms with Crippen LogP contribution in [0.4, 0.5) is 5.13 Å². The molecule has 5 nitrogen and oxygen atoms in total. The van der Waals surface area contributed by atoms with Crippen molar-refractivity contribution in [1.29, 1.82) is 0 Å². The summed E-state index contributed by atoms with van der Waals surface area (Å²) in [4.78, 5) is 27.6. The summed E-state index contributed by atoms with van der Waals surface area (Å²) in [7, 11) is 1.89. The Morgan fingerprint density at radius 1 is 1.22 bits per heavy atom. The molecule has 0 saturated heterocycles. The highest BCUT2D eigenvalue weighted by molar-refractivity contribution is 7.18. The van der Waals surface area contributed by atoms with Gasteiger partial charge in [-0.25, -0.2) is 4.98 Å². The second-order valence-corrected chi connectivity index (χ2v) is 4.64. The molecule has 2 rings (SSSR count). The molecule has 1 heterocycles. The van der Waals surface area contributed by atoms with Crippen LogP contribution in [0.2, 0.25) is 0 Å². The number of carbonyl (C=O) groups excluding carboxylic acids is 2. The number of nitrogens with zero attached hydrogens (tertiary/aromatic N) is 1. The van der Waals surface area contributed by atoms with E-state index < -0.39 is 0 Å². The number of allylic oxidation sites excluding steroid dienone is 2. The van der Waals surface area contributed by atoms with Crippen LogP contribution in [0, 0.1) is 0 Å². The fourth-order valence-electron chi connectivity index (χ4n) is 1.50. The Morgan fingerprint density at radius 3 is 2.61 bits per heavy atom. The lowest BCUT2D eigenvalue weighted by Gasteiger charge is -2.00. The highest BCUT2D eigenvalue weighted by atomic mass is 35.5. The third kappa shape index (κ3) is 3.16. The van der Waals surface area contributed by atoms with Crippen LogP contribution < -0.4 is 10.6 Å². The van der Waals surface area contributed by atoms with E-state index >= 15 is 0 Å². The van der Waals surface area contributed by atoms with E-state index in [1.807, 2.05) is 7.05 Å². The molecule has 0 fully saturated rings. The fourth-order valence-corrected chi connectivity index (χ4v) is 2.41. The predicted molar refractivity (Wildman–Crippen MR) is 74.2 cm³/mol. The number of thiazole rings is 1. The van der Waals surface area contributed by atoms with Gasteiger partial charge >= 0.3 is 0 Å². The van der Waals surface area contributed by atoms with Crippen molar-refractivity contribution in [2.45, 2.75) is 6.42 Å². The highest BCUT2D eigenvalue weighted by Gasteiger charge is 2.24. The van der Waals surface area contributed by atoms with Crippen LogP contribution in [0.3, 0.4) is 0 Å². The molecule has 0 aromatic carbocycles. The van der Waals surface area contributed by atoms with Crippen molar-refractivity contribution >= 4 is 40.4 Å². The molecule has 0 saturated carbocycles. The van der Waals surface area contributed by atoms with Gasteiger partial charge in [0, 0.05) is 6.54 Å². The summed E-state index contributed by atoms with van der Waals surface area (Å²) in [6, 6.07) is 0. The molecule has 0 aliphatic heterocycles. The van der Waals surface area contributed by atoms with Gasteiger partial charge in [0.15, 0.2) is 10.9 Å². The van der Waals surface area contributed by atoms with Crippen LogP contribution in [-0.2, 0) is 0 Å². The molecule has 1 aliphatic carbocycles. The molecule has 1 aromatic rings. The lowest BCUT2D eigenvalue weighted by atomic mass is 10.1. The Balaban J connectivity index is 0.00000162. The molecule has 7 heteroatoms. The largest absolute Gasteiger partial charge is 0.361 e. The Morgan fingerprint density at radius 2 is 1.94 bits per heavy atom. The first kappa shape index (κ1) is 14.8. The average Bonchev–Trinajstić information content (AvgIpc) is 2.75. The molecule has 0 bridgehead atoms. The maximum absolute atomic E-state index is 11.5. The number of hydrogen-bond acceptors (Lipinski definition) is 6. The Kier molecular flexibility index (Phi) is 5.46. The molecule has 18 heavy (non-hydrogen) atoms. The zero-order chi connectivity index (χ0) is 12.3. The minimum absolute atomic E-state index is 0. The summed E-state index contributed by atoms with van der Waals surface area (Å²) in [6.45, 7) is 1.68. The number of carbonyl (C=O) groups is 2. The van der Waals surface area contributed by atoms with Gasteiger partial charge in [0.1, 0.15) is 10.6 Å². The van der Waals surface area contributed by atoms with Crippen molar-refractivity contribution in [3.05, 3.63) is 22.7 Å². The third-order valence-electron chi connectivity index (χ3n) is 2.35. The van der Waals surface area contributed by atoms with Gasteiger partial charge < -0.3 is 10.6 Å². The molecule has 98 valence electrons. The number of ketones is 2. The minimum Gasteiger partial charge on any atom is -0.361 e. The number of aromatic nitrogens is 1. The maximum atomic E-state index is 11.5. The van der Waals surface area contributed by atoms with Crippen LogP contribution >= 0.6 is 23.7 Å². The molecule has 0 radical (unpaired) electrons. The predicted octanol–water partition coefficient (Wildman–Crippen LogP) is 1.52.